The number of carbonyl (C=O) groups is 1. The van der Waals surface area contributed by atoms with Crippen molar-refractivity contribution in [3.63, 3.8) is 0 Å². The summed E-state index contributed by atoms with van der Waals surface area (Å²) in [6, 6.07) is 8.30. The standard InChI is InChI=1S/C25H27Cl2N7O3/c26-21-12-28-25(30-16-1-3-17(4-2-16)33-9-10-36-15-22(33)35)31-23(21)20-11-29-34(24(20)27)18-5-7-32(8-6-18)19-13-37-14-19/h1-4,11-12,18-19H,5-10,13-15H2,(H,28,30,31). The molecule has 1 aromatic carbocycles. The van der Waals surface area contributed by atoms with Crippen LogP contribution in [0.3, 0.4) is 0 Å². The highest BCUT2D eigenvalue weighted by Crippen LogP contribution is 2.36. The first kappa shape index (κ1) is 24.6. The van der Waals surface area contributed by atoms with Gasteiger partial charge in [-0.05, 0) is 37.1 Å². The van der Waals surface area contributed by atoms with Crippen molar-refractivity contribution in [2.75, 3.05) is 56.3 Å². The smallest absolute Gasteiger partial charge is 0.253 e. The molecule has 0 radical (unpaired) electrons. The molecule has 1 amide bonds. The summed E-state index contributed by atoms with van der Waals surface area (Å²) in [6.07, 6.45) is 5.24. The molecule has 3 fully saturated rings. The van der Waals surface area contributed by atoms with Gasteiger partial charge in [0.15, 0.2) is 0 Å². The average molecular weight is 544 g/mol. The molecule has 5 heterocycles. The molecule has 3 aliphatic rings. The van der Waals surface area contributed by atoms with Gasteiger partial charge in [0, 0.05) is 31.0 Å². The van der Waals surface area contributed by atoms with E-state index in [4.69, 9.17) is 32.7 Å². The first-order chi connectivity index (χ1) is 18.1. The minimum Gasteiger partial charge on any atom is -0.378 e. The molecule has 3 aromatic rings. The summed E-state index contributed by atoms with van der Waals surface area (Å²) in [7, 11) is 0. The Kier molecular flexibility index (Phi) is 7.00. The van der Waals surface area contributed by atoms with Crippen LogP contribution in [-0.4, -0.2) is 82.7 Å². The fraction of sp³-hybridized carbons (Fsp3) is 0.440. The SMILES string of the molecule is O=C1COCCN1c1ccc(Nc2ncc(Cl)c(-c3cnn(C4CCN(C5COC5)CC4)c3Cl)n2)cc1. The Bertz CT molecular complexity index is 1270. The molecule has 10 nitrogen and oxygen atoms in total. The summed E-state index contributed by atoms with van der Waals surface area (Å²) in [4.78, 5) is 25.3. The fourth-order valence-electron chi connectivity index (χ4n) is 4.95. The highest BCUT2D eigenvalue weighted by Gasteiger charge is 2.31. The quantitative estimate of drug-likeness (QED) is 0.501. The lowest BCUT2D eigenvalue weighted by molar-refractivity contribution is -0.125. The number of benzene rings is 1. The van der Waals surface area contributed by atoms with E-state index >= 15 is 0 Å². The highest BCUT2D eigenvalue weighted by atomic mass is 35.5. The topological polar surface area (TPSA) is 97.6 Å². The van der Waals surface area contributed by atoms with E-state index < -0.39 is 0 Å². The highest BCUT2D eigenvalue weighted by molar-refractivity contribution is 6.35. The van der Waals surface area contributed by atoms with Gasteiger partial charge in [0.2, 0.25) is 5.95 Å². The number of amides is 1. The van der Waals surface area contributed by atoms with E-state index in [0.29, 0.717) is 46.6 Å². The third-order valence-electron chi connectivity index (χ3n) is 7.14. The van der Waals surface area contributed by atoms with Crippen LogP contribution in [0.1, 0.15) is 18.9 Å². The van der Waals surface area contributed by atoms with Crippen LogP contribution in [0.5, 0.6) is 0 Å². The number of halogens is 2. The van der Waals surface area contributed by atoms with E-state index in [1.54, 1.807) is 17.3 Å². The van der Waals surface area contributed by atoms with Crippen LogP contribution in [-0.2, 0) is 14.3 Å². The van der Waals surface area contributed by atoms with Gasteiger partial charge in [-0.3, -0.25) is 14.4 Å². The number of aromatic nitrogens is 4. The second kappa shape index (κ2) is 10.5. The predicted molar refractivity (Wildman–Crippen MR) is 141 cm³/mol. The number of likely N-dealkylation sites (tertiary alicyclic amines) is 1. The number of carbonyl (C=O) groups excluding carboxylic acids is 1. The lowest BCUT2D eigenvalue weighted by Gasteiger charge is -2.41. The third-order valence-corrected chi connectivity index (χ3v) is 7.79. The van der Waals surface area contributed by atoms with Gasteiger partial charge in [-0.15, -0.1) is 0 Å². The maximum Gasteiger partial charge on any atom is 0.253 e. The fourth-order valence-corrected chi connectivity index (χ4v) is 5.46. The number of hydrogen-bond acceptors (Lipinski definition) is 8. The first-order valence-corrected chi connectivity index (χ1v) is 13.2. The van der Waals surface area contributed by atoms with Crippen LogP contribution in [0.25, 0.3) is 11.3 Å². The zero-order chi connectivity index (χ0) is 25.4. The zero-order valence-electron chi connectivity index (χ0n) is 20.1. The minimum absolute atomic E-state index is 0.0476. The van der Waals surface area contributed by atoms with Crippen molar-refractivity contribution in [1.29, 1.82) is 0 Å². The summed E-state index contributed by atoms with van der Waals surface area (Å²) in [5.41, 5.74) is 2.80. The summed E-state index contributed by atoms with van der Waals surface area (Å²) in [5, 5.41) is 8.72. The van der Waals surface area contributed by atoms with Crippen molar-refractivity contribution >= 4 is 46.4 Å². The van der Waals surface area contributed by atoms with Gasteiger partial charge in [-0.25, -0.2) is 9.97 Å². The van der Waals surface area contributed by atoms with E-state index in [1.807, 2.05) is 28.9 Å². The number of nitrogens with one attached hydrogen (secondary N) is 1. The Morgan fingerprint density at radius 3 is 2.46 bits per heavy atom. The molecule has 3 saturated heterocycles. The number of nitrogens with zero attached hydrogens (tertiary/aromatic N) is 6. The van der Waals surface area contributed by atoms with Crippen LogP contribution in [0.4, 0.5) is 17.3 Å². The van der Waals surface area contributed by atoms with Crippen LogP contribution in [0.15, 0.2) is 36.7 Å². The molecule has 0 bridgehead atoms. The van der Waals surface area contributed by atoms with Crippen LogP contribution >= 0.6 is 23.2 Å². The normalized spacial score (nSPS) is 19.7. The molecule has 194 valence electrons. The lowest BCUT2D eigenvalue weighted by atomic mass is 10.0. The number of rotatable bonds is 6. The minimum atomic E-state index is -0.0476. The second-order valence-electron chi connectivity index (χ2n) is 9.41. The maximum atomic E-state index is 12.1. The van der Waals surface area contributed by atoms with Crippen molar-refractivity contribution < 1.29 is 14.3 Å². The predicted octanol–water partition coefficient (Wildman–Crippen LogP) is 3.79. The van der Waals surface area contributed by atoms with E-state index in [0.717, 1.165) is 50.5 Å². The van der Waals surface area contributed by atoms with Crippen LogP contribution in [0.2, 0.25) is 10.2 Å². The third kappa shape index (κ3) is 5.04. The molecule has 6 rings (SSSR count). The van der Waals surface area contributed by atoms with Gasteiger partial charge in [0.25, 0.3) is 5.91 Å². The Morgan fingerprint density at radius 1 is 0.973 bits per heavy atom. The Labute approximate surface area is 224 Å². The monoisotopic (exact) mass is 543 g/mol. The largest absolute Gasteiger partial charge is 0.378 e. The molecule has 1 N–H and O–H groups in total. The first-order valence-electron chi connectivity index (χ1n) is 12.4. The Morgan fingerprint density at radius 2 is 1.76 bits per heavy atom. The van der Waals surface area contributed by atoms with Crippen LogP contribution < -0.4 is 10.2 Å². The van der Waals surface area contributed by atoms with Gasteiger partial charge in [-0.1, -0.05) is 23.2 Å². The van der Waals surface area contributed by atoms with Crippen molar-refractivity contribution in [3.8, 4) is 11.3 Å². The number of hydrogen-bond donors (Lipinski definition) is 1. The molecule has 0 spiro atoms. The molecule has 12 heteroatoms. The molecular formula is C25H27Cl2N7O3. The molecule has 0 atom stereocenters. The van der Waals surface area contributed by atoms with Crippen molar-refractivity contribution in [2.45, 2.75) is 24.9 Å². The Balaban J connectivity index is 1.16. The van der Waals surface area contributed by atoms with Gasteiger partial charge < -0.3 is 19.7 Å². The number of morpholine rings is 1. The molecule has 2 aromatic heterocycles. The lowest BCUT2D eigenvalue weighted by Crippen LogP contribution is -2.51. The van der Waals surface area contributed by atoms with Crippen molar-refractivity contribution in [2.24, 2.45) is 0 Å². The summed E-state index contributed by atoms with van der Waals surface area (Å²) in [5.74, 6) is 0.336. The maximum absolute atomic E-state index is 12.1. The molecule has 0 unspecified atom stereocenters. The second-order valence-corrected chi connectivity index (χ2v) is 10.2. The number of piperidine rings is 1. The van der Waals surface area contributed by atoms with Crippen LogP contribution in [0, 0.1) is 0 Å². The van der Waals surface area contributed by atoms with Crippen molar-refractivity contribution in [3.05, 3.63) is 46.8 Å². The van der Waals surface area contributed by atoms with E-state index in [1.165, 1.54) is 0 Å². The number of anilines is 3. The summed E-state index contributed by atoms with van der Waals surface area (Å²) < 4.78 is 12.4. The molecular weight excluding hydrogens is 517 g/mol. The van der Waals surface area contributed by atoms with Gasteiger partial charge in [0.1, 0.15) is 11.8 Å². The van der Waals surface area contributed by atoms with Gasteiger partial charge in [0.05, 0.1) is 60.6 Å². The molecule has 0 aliphatic carbocycles. The summed E-state index contributed by atoms with van der Waals surface area (Å²) in [6.45, 7) is 4.85. The average Bonchev–Trinajstić information content (AvgIpc) is 3.26. The summed E-state index contributed by atoms with van der Waals surface area (Å²) >= 11 is 13.3. The van der Waals surface area contributed by atoms with E-state index in [9.17, 15) is 4.79 Å². The molecule has 3 aliphatic heterocycles. The van der Waals surface area contributed by atoms with Gasteiger partial charge >= 0.3 is 0 Å². The van der Waals surface area contributed by atoms with Gasteiger partial charge in [-0.2, -0.15) is 5.10 Å². The van der Waals surface area contributed by atoms with E-state index in [-0.39, 0.29) is 18.6 Å². The zero-order valence-corrected chi connectivity index (χ0v) is 21.7. The van der Waals surface area contributed by atoms with E-state index in [2.05, 4.69) is 25.3 Å². The Hall–Kier alpha value is -2.76. The number of ether oxygens (including phenoxy) is 2. The van der Waals surface area contributed by atoms with Crippen molar-refractivity contribution in [1.82, 2.24) is 24.6 Å². The molecule has 37 heavy (non-hydrogen) atoms. The molecule has 0 saturated carbocycles.